The van der Waals surface area contributed by atoms with Crippen molar-refractivity contribution in [2.75, 3.05) is 20.2 Å². The Hall–Kier alpha value is -3.99. The first kappa shape index (κ1) is 33.5. The molecule has 1 aromatic heterocycles. The van der Waals surface area contributed by atoms with Crippen molar-refractivity contribution in [1.82, 2.24) is 31.2 Å². The molecule has 4 N–H and O–H groups in total. The Morgan fingerprint density at radius 2 is 1.49 bits per heavy atom. The zero-order chi connectivity index (χ0) is 31.5. The summed E-state index contributed by atoms with van der Waals surface area (Å²) >= 11 is 0. The second kappa shape index (κ2) is 16.0. The van der Waals surface area contributed by atoms with Gasteiger partial charge in [-0.05, 0) is 60.6 Å². The topological polar surface area (TPSA) is 142 Å². The summed E-state index contributed by atoms with van der Waals surface area (Å²) in [4.78, 5) is 59.9. The minimum absolute atomic E-state index is 0.0191. The average Bonchev–Trinajstić information content (AvgIpc) is 2.96. The summed E-state index contributed by atoms with van der Waals surface area (Å²) in [6, 6.07) is 8.00. The Labute approximate surface area is 254 Å². The summed E-state index contributed by atoms with van der Waals surface area (Å²) in [5.74, 6) is -0.787. The first-order chi connectivity index (χ1) is 20.4. The summed E-state index contributed by atoms with van der Waals surface area (Å²) in [5, 5.41) is 11.6. The van der Waals surface area contributed by atoms with E-state index in [1.54, 1.807) is 38.6 Å². The molecule has 2 heterocycles. The van der Waals surface area contributed by atoms with Gasteiger partial charge in [0.1, 0.15) is 23.9 Å². The Bertz CT molecular complexity index is 1220. The summed E-state index contributed by atoms with van der Waals surface area (Å²) in [5.41, 5.74) is 1.76. The number of rotatable bonds is 8. The van der Waals surface area contributed by atoms with Crippen LogP contribution >= 0.6 is 0 Å². The largest absolute Gasteiger partial charge is 0.497 e. The first-order valence-electron chi connectivity index (χ1n) is 14.9. The number of pyridine rings is 1. The quantitative estimate of drug-likeness (QED) is 0.365. The van der Waals surface area contributed by atoms with Crippen LogP contribution in [0.4, 0.5) is 0 Å². The molecule has 0 bridgehead atoms. The summed E-state index contributed by atoms with van der Waals surface area (Å²) in [6.07, 6.45) is 3.97. The van der Waals surface area contributed by atoms with Crippen molar-refractivity contribution in [1.29, 1.82) is 0 Å². The van der Waals surface area contributed by atoms with Crippen LogP contribution in [-0.2, 0) is 32.1 Å². The number of hydrogen-bond acceptors (Lipinski definition) is 7. The minimum atomic E-state index is -0.975. The Morgan fingerprint density at radius 3 is 2.09 bits per heavy atom. The van der Waals surface area contributed by atoms with Crippen LogP contribution in [0.2, 0.25) is 0 Å². The van der Waals surface area contributed by atoms with E-state index in [9.17, 15) is 19.2 Å². The molecule has 1 fully saturated rings. The van der Waals surface area contributed by atoms with Gasteiger partial charge in [-0.3, -0.25) is 29.1 Å². The lowest BCUT2D eigenvalue weighted by Crippen LogP contribution is -2.57. The number of methoxy groups -OCH3 is 1. The van der Waals surface area contributed by atoms with Gasteiger partial charge in [0.05, 0.1) is 13.7 Å². The molecule has 234 valence electrons. The van der Waals surface area contributed by atoms with Crippen molar-refractivity contribution in [3.8, 4) is 5.75 Å². The molecule has 2 aromatic rings. The molecule has 4 amide bonds. The van der Waals surface area contributed by atoms with Crippen molar-refractivity contribution in [3.63, 3.8) is 0 Å². The van der Waals surface area contributed by atoms with Crippen molar-refractivity contribution in [2.24, 2.45) is 11.8 Å². The van der Waals surface area contributed by atoms with Crippen LogP contribution in [0.15, 0.2) is 48.8 Å². The number of nitrogens with zero attached hydrogens (tertiary/aromatic N) is 2. The molecule has 3 rings (SSSR count). The highest BCUT2D eigenvalue weighted by atomic mass is 16.5. The van der Waals surface area contributed by atoms with Crippen LogP contribution in [0, 0.1) is 11.8 Å². The number of ether oxygens (including phenoxy) is 1. The fourth-order valence-electron chi connectivity index (χ4n) is 4.94. The van der Waals surface area contributed by atoms with E-state index in [-0.39, 0.29) is 42.7 Å². The highest BCUT2D eigenvalue weighted by Crippen LogP contribution is 2.15. The molecular weight excluding hydrogens is 548 g/mol. The van der Waals surface area contributed by atoms with E-state index in [4.69, 9.17) is 4.74 Å². The van der Waals surface area contributed by atoms with Gasteiger partial charge in [-0.25, -0.2) is 0 Å². The summed E-state index contributed by atoms with van der Waals surface area (Å²) in [7, 11) is 1.57. The van der Waals surface area contributed by atoms with Gasteiger partial charge in [-0.15, -0.1) is 0 Å². The third-order valence-electron chi connectivity index (χ3n) is 7.45. The number of aromatic nitrogens is 1. The van der Waals surface area contributed by atoms with E-state index in [0.29, 0.717) is 25.3 Å². The first-order valence-corrected chi connectivity index (χ1v) is 14.9. The van der Waals surface area contributed by atoms with Gasteiger partial charge in [0.2, 0.25) is 23.6 Å². The highest BCUT2D eigenvalue weighted by Gasteiger charge is 2.31. The third kappa shape index (κ3) is 10.7. The van der Waals surface area contributed by atoms with Crippen LogP contribution in [0.3, 0.4) is 0 Å². The fourth-order valence-corrected chi connectivity index (χ4v) is 4.94. The Balaban J connectivity index is 1.94. The van der Waals surface area contributed by atoms with Crippen LogP contribution in [-0.4, -0.2) is 77.9 Å². The maximum Gasteiger partial charge on any atom is 0.243 e. The van der Waals surface area contributed by atoms with Crippen LogP contribution in [0.1, 0.15) is 52.2 Å². The van der Waals surface area contributed by atoms with Gasteiger partial charge in [-0.1, -0.05) is 39.8 Å². The maximum atomic E-state index is 13.6. The standard InChI is InChI=1S/C32H46N6O5/c1-20(2)15-26-32(42)36-27(16-23-7-9-25(43-6)10-8-23)31(41)34-22(5)30(40)37-28(21(3)4)18-38(19-29(39)35-26)17-24-11-13-33-14-12-24/h7-14,20-22,26-28H,15-19H2,1-6H3,(H,34,41)(H,35,39)(H,36,42)(H,37,40)/t22-,26+,27+,28-/m1/s1. The molecule has 0 radical (unpaired) electrons. The number of carbonyl (C=O) groups is 4. The molecule has 0 unspecified atom stereocenters. The molecule has 11 heteroatoms. The molecule has 43 heavy (non-hydrogen) atoms. The highest BCUT2D eigenvalue weighted by molar-refractivity contribution is 5.94. The van der Waals surface area contributed by atoms with Gasteiger partial charge in [0, 0.05) is 37.9 Å². The summed E-state index contributed by atoms with van der Waals surface area (Å²) in [6.45, 7) is 10.4. The molecule has 1 aliphatic heterocycles. The van der Waals surface area contributed by atoms with E-state index < -0.39 is 29.9 Å². The van der Waals surface area contributed by atoms with Crippen molar-refractivity contribution < 1.29 is 23.9 Å². The van der Waals surface area contributed by atoms with Crippen molar-refractivity contribution in [2.45, 2.75) is 78.2 Å². The van der Waals surface area contributed by atoms with Crippen LogP contribution in [0.5, 0.6) is 5.75 Å². The minimum Gasteiger partial charge on any atom is -0.497 e. The van der Waals surface area contributed by atoms with Crippen molar-refractivity contribution >= 4 is 23.6 Å². The normalized spacial score (nSPS) is 23.1. The van der Waals surface area contributed by atoms with Gasteiger partial charge < -0.3 is 26.0 Å². The fraction of sp³-hybridized carbons (Fsp3) is 0.531. The van der Waals surface area contributed by atoms with Crippen molar-refractivity contribution in [3.05, 3.63) is 59.9 Å². The van der Waals surface area contributed by atoms with Crippen LogP contribution in [0.25, 0.3) is 0 Å². The molecule has 1 aromatic carbocycles. The second-order valence-electron chi connectivity index (χ2n) is 12.0. The van der Waals surface area contributed by atoms with E-state index in [1.807, 2.05) is 56.9 Å². The number of amides is 4. The predicted octanol–water partition coefficient (Wildman–Crippen LogP) is 1.81. The lowest BCUT2D eigenvalue weighted by molar-refractivity contribution is -0.133. The molecular formula is C32H46N6O5. The Morgan fingerprint density at radius 1 is 0.837 bits per heavy atom. The molecule has 1 saturated heterocycles. The zero-order valence-corrected chi connectivity index (χ0v) is 26.1. The van der Waals surface area contributed by atoms with Gasteiger partial charge >= 0.3 is 0 Å². The summed E-state index contributed by atoms with van der Waals surface area (Å²) < 4.78 is 5.24. The number of nitrogens with one attached hydrogen (secondary N) is 4. The monoisotopic (exact) mass is 594 g/mol. The van der Waals surface area contributed by atoms with Gasteiger partial charge in [0.15, 0.2) is 0 Å². The Kier molecular flexibility index (Phi) is 12.5. The third-order valence-corrected chi connectivity index (χ3v) is 7.45. The maximum absolute atomic E-state index is 13.6. The average molecular weight is 595 g/mol. The molecule has 4 atom stereocenters. The molecule has 1 aliphatic rings. The number of benzene rings is 1. The second-order valence-corrected chi connectivity index (χ2v) is 12.0. The molecule has 0 spiro atoms. The predicted molar refractivity (Wildman–Crippen MR) is 164 cm³/mol. The lowest BCUT2D eigenvalue weighted by Gasteiger charge is -2.31. The molecule has 0 aliphatic carbocycles. The lowest BCUT2D eigenvalue weighted by atomic mass is 10.0. The smallest absolute Gasteiger partial charge is 0.243 e. The zero-order valence-electron chi connectivity index (χ0n) is 26.1. The van der Waals surface area contributed by atoms with E-state index in [0.717, 1.165) is 11.1 Å². The van der Waals surface area contributed by atoms with E-state index >= 15 is 0 Å². The molecule has 11 nitrogen and oxygen atoms in total. The van der Waals surface area contributed by atoms with Gasteiger partial charge in [-0.2, -0.15) is 0 Å². The molecule has 0 saturated carbocycles. The van der Waals surface area contributed by atoms with Gasteiger partial charge in [0.25, 0.3) is 0 Å². The SMILES string of the molecule is COc1ccc(C[C@@H]2NC(=O)[C@H](CC(C)C)NC(=O)CN(Cc3ccncc3)C[C@H](C(C)C)NC(=O)[C@@H](C)NC2=O)cc1. The van der Waals surface area contributed by atoms with E-state index in [2.05, 4.69) is 26.3 Å². The number of carbonyl (C=O) groups excluding carboxylic acids is 4. The van der Waals surface area contributed by atoms with E-state index in [1.165, 1.54) is 0 Å². The van der Waals surface area contributed by atoms with Crippen LogP contribution < -0.4 is 26.0 Å². The number of hydrogen-bond donors (Lipinski definition) is 4.